The van der Waals surface area contributed by atoms with Crippen molar-refractivity contribution < 1.29 is 4.52 Å². The minimum absolute atomic E-state index is 0.00858. The molecule has 0 aliphatic heterocycles. The molecule has 0 bridgehead atoms. The Balaban J connectivity index is 1.45. The number of fused-ring (bicyclic) bond motifs is 1. The molecule has 0 N–H and O–H groups in total. The van der Waals surface area contributed by atoms with Gasteiger partial charge in [-0.05, 0) is 26.0 Å². The molecule has 0 radical (unpaired) electrons. The van der Waals surface area contributed by atoms with Crippen LogP contribution < -0.4 is 0 Å². The Morgan fingerprint density at radius 2 is 1.97 bits per heavy atom. The lowest BCUT2D eigenvalue weighted by atomic mass is 10.2. The first-order valence-corrected chi connectivity index (χ1v) is 12.1. The lowest BCUT2D eigenvalue weighted by molar-refractivity contribution is 0.373. The van der Waals surface area contributed by atoms with E-state index in [0.29, 0.717) is 5.89 Å². The third kappa shape index (κ3) is 4.49. The van der Waals surface area contributed by atoms with Gasteiger partial charge < -0.3 is 9.09 Å². The maximum absolute atomic E-state index is 5.42. The van der Waals surface area contributed by atoms with Crippen molar-refractivity contribution >= 4 is 45.1 Å². The van der Waals surface area contributed by atoms with Crippen LogP contribution in [-0.4, -0.2) is 29.9 Å². The normalized spacial score (nSPS) is 12.9. The molecule has 0 spiro atoms. The molecule has 1 atom stereocenters. The molecule has 1 aromatic carbocycles. The van der Waals surface area contributed by atoms with Crippen LogP contribution in [0, 0.1) is 0 Å². The maximum Gasteiger partial charge on any atom is 0.239 e. The number of rotatable bonds is 8. The SMILES string of the molecule is CCn1c(CSc2nc3ccccc3s2)nnc1S[C@H](C)c1nc(C(C)C)no1. The number of thioether (sulfide) groups is 2. The second-order valence-electron chi connectivity index (χ2n) is 6.78. The zero-order valence-corrected chi connectivity index (χ0v) is 19.1. The van der Waals surface area contributed by atoms with Crippen LogP contribution in [0.3, 0.4) is 0 Å². The Hall–Kier alpha value is -1.91. The molecule has 0 saturated heterocycles. The van der Waals surface area contributed by atoms with Crippen molar-refractivity contribution in [3.63, 3.8) is 0 Å². The van der Waals surface area contributed by atoms with Gasteiger partial charge >= 0.3 is 0 Å². The van der Waals surface area contributed by atoms with Crippen molar-refractivity contribution in [2.75, 3.05) is 0 Å². The Bertz CT molecular complexity index is 1070. The Morgan fingerprint density at radius 3 is 2.69 bits per heavy atom. The summed E-state index contributed by atoms with van der Waals surface area (Å²) in [6.45, 7) is 9.06. The molecule has 0 unspecified atom stereocenters. The van der Waals surface area contributed by atoms with Crippen molar-refractivity contribution in [2.45, 2.75) is 60.7 Å². The maximum atomic E-state index is 5.42. The van der Waals surface area contributed by atoms with Gasteiger partial charge in [-0.2, -0.15) is 4.98 Å². The van der Waals surface area contributed by atoms with Crippen molar-refractivity contribution in [3.8, 4) is 0 Å². The fraction of sp³-hybridized carbons (Fsp3) is 0.421. The molecule has 10 heteroatoms. The van der Waals surface area contributed by atoms with E-state index in [2.05, 4.69) is 56.7 Å². The van der Waals surface area contributed by atoms with E-state index in [9.17, 15) is 0 Å². The summed E-state index contributed by atoms with van der Waals surface area (Å²) in [6.07, 6.45) is 0. The van der Waals surface area contributed by atoms with E-state index in [1.165, 1.54) is 4.70 Å². The van der Waals surface area contributed by atoms with E-state index >= 15 is 0 Å². The molecule has 152 valence electrons. The van der Waals surface area contributed by atoms with E-state index in [4.69, 9.17) is 4.52 Å². The lowest BCUT2D eigenvalue weighted by Crippen LogP contribution is -2.03. The minimum atomic E-state index is 0.00858. The second kappa shape index (κ2) is 8.85. The molecule has 0 amide bonds. The van der Waals surface area contributed by atoms with Crippen molar-refractivity contribution in [1.29, 1.82) is 0 Å². The predicted octanol–water partition coefficient (Wildman–Crippen LogP) is 5.56. The number of benzene rings is 1. The molecule has 3 heterocycles. The molecule has 29 heavy (non-hydrogen) atoms. The number of hydrogen-bond acceptors (Lipinski definition) is 9. The van der Waals surface area contributed by atoms with Gasteiger partial charge in [0, 0.05) is 12.5 Å². The van der Waals surface area contributed by atoms with Gasteiger partial charge in [-0.15, -0.1) is 21.5 Å². The van der Waals surface area contributed by atoms with E-state index < -0.39 is 0 Å². The zero-order valence-electron chi connectivity index (χ0n) is 16.7. The second-order valence-corrected chi connectivity index (χ2v) is 10.3. The van der Waals surface area contributed by atoms with Crippen LogP contribution in [0.4, 0.5) is 0 Å². The summed E-state index contributed by atoms with van der Waals surface area (Å²) in [7, 11) is 0. The number of nitrogens with zero attached hydrogens (tertiary/aromatic N) is 6. The summed E-state index contributed by atoms with van der Waals surface area (Å²) < 4.78 is 9.82. The number of para-hydroxylation sites is 1. The van der Waals surface area contributed by atoms with E-state index in [1.54, 1.807) is 34.9 Å². The lowest BCUT2D eigenvalue weighted by Gasteiger charge is -2.09. The van der Waals surface area contributed by atoms with E-state index in [-0.39, 0.29) is 11.2 Å². The fourth-order valence-electron chi connectivity index (χ4n) is 2.73. The van der Waals surface area contributed by atoms with E-state index in [1.807, 2.05) is 25.1 Å². The topological polar surface area (TPSA) is 82.5 Å². The van der Waals surface area contributed by atoms with Crippen LogP contribution in [0.2, 0.25) is 0 Å². The molecular formula is C19H22N6OS3. The molecule has 0 aliphatic carbocycles. The number of hydrogen-bond donors (Lipinski definition) is 0. The minimum Gasteiger partial charge on any atom is -0.338 e. The van der Waals surface area contributed by atoms with Crippen LogP contribution in [-0.2, 0) is 12.3 Å². The number of thiazole rings is 1. The van der Waals surface area contributed by atoms with Crippen molar-refractivity contribution in [2.24, 2.45) is 0 Å². The molecule has 4 aromatic rings. The summed E-state index contributed by atoms with van der Waals surface area (Å²) in [5.41, 5.74) is 1.04. The third-order valence-corrected chi connectivity index (χ3v) is 7.56. The first-order chi connectivity index (χ1) is 14.0. The van der Waals surface area contributed by atoms with Gasteiger partial charge in [0.1, 0.15) is 5.82 Å². The van der Waals surface area contributed by atoms with Crippen LogP contribution in [0.15, 0.2) is 38.3 Å². The first kappa shape index (κ1) is 20.4. The van der Waals surface area contributed by atoms with Gasteiger partial charge in [-0.1, -0.05) is 54.7 Å². The summed E-state index contributed by atoms with van der Waals surface area (Å²) in [5, 5.41) is 13.8. The summed E-state index contributed by atoms with van der Waals surface area (Å²) in [5.74, 6) is 3.27. The average Bonchev–Trinajstić information content (AvgIpc) is 3.43. The number of aromatic nitrogens is 6. The molecule has 3 aromatic heterocycles. The van der Waals surface area contributed by atoms with Crippen LogP contribution in [0.25, 0.3) is 10.2 Å². The molecule has 4 rings (SSSR count). The smallest absolute Gasteiger partial charge is 0.239 e. The van der Waals surface area contributed by atoms with Crippen molar-refractivity contribution in [3.05, 3.63) is 41.8 Å². The summed E-state index contributed by atoms with van der Waals surface area (Å²) in [4.78, 5) is 9.18. The van der Waals surface area contributed by atoms with Gasteiger partial charge in [0.05, 0.1) is 21.2 Å². The van der Waals surface area contributed by atoms with Crippen LogP contribution in [0.1, 0.15) is 56.4 Å². The summed E-state index contributed by atoms with van der Waals surface area (Å²) >= 11 is 5.00. The van der Waals surface area contributed by atoms with Gasteiger partial charge in [0.2, 0.25) is 5.89 Å². The highest BCUT2D eigenvalue weighted by molar-refractivity contribution is 8.00. The van der Waals surface area contributed by atoms with Gasteiger partial charge in [0.15, 0.2) is 15.3 Å². The first-order valence-electron chi connectivity index (χ1n) is 9.45. The highest BCUT2D eigenvalue weighted by Crippen LogP contribution is 2.35. The van der Waals surface area contributed by atoms with E-state index in [0.717, 1.165) is 39.0 Å². The molecule has 0 saturated carbocycles. The molecule has 7 nitrogen and oxygen atoms in total. The van der Waals surface area contributed by atoms with Gasteiger partial charge in [-0.25, -0.2) is 4.98 Å². The largest absolute Gasteiger partial charge is 0.338 e. The van der Waals surface area contributed by atoms with Crippen molar-refractivity contribution in [1.82, 2.24) is 29.9 Å². The molecule has 0 aliphatic rings. The van der Waals surface area contributed by atoms with Gasteiger partial charge in [-0.3, -0.25) is 0 Å². The zero-order chi connectivity index (χ0) is 20.4. The Labute approximate surface area is 181 Å². The highest BCUT2D eigenvalue weighted by Gasteiger charge is 2.21. The highest BCUT2D eigenvalue weighted by atomic mass is 32.2. The molecule has 0 fully saturated rings. The molecular weight excluding hydrogens is 424 g/mol. The van der Waals surface area contributed by atoms with Gasteiger partial charge in [0.25, 0.3) is 0 Å². The van der Waals surface area contributed by atoms with Crippen LogP contribution in [0.5, 0.6) is 0 Å². The predicted molar refractivity (Wildman–Crippen MR) is 118 cm³/mol. The quantitative estimate of drug-likeness (QED) is 0.325. The fourth-order valence-corrected chi connectivity index (χ4v) is 5.70. The monoisotopic (exact) mass is 446 g/mol. The Morgan fingerprint density at radius 1 is 1.14 bits per heavy atom. The standard InChI is InChI=1S/C19H22N6OS3/c1-5-25-15(10-27-19-20-13-8-6-7-9-14(13)29-19)22-23-18(25)28-12(4)17-21-16(11(2)3)24-26-17/h6-9,11-12H,5,10H2,1-4H3/t12-/m1/s1. The average molecular weight is 447 g/mol. The third-order valence-electron chi connectivity index (χ3n) is 4.31. The summed E-state index contributed by atoms with van der Waals surface area (Å²) in [6, 6.07) is 8.20. The Kier molecular flexibility index (Phi) is 6.21. The van der Waals surface area contributed by atoms with Crippen LogP contribution >= 0.6 is 34.9 Å².